The largest absolute Gasteiger partial charge is 0.496 e. The van der Waals surface area contributed by atoms with Gasteiger partial charge in [-0.1, -0.05) is 17.7 Å². The molecule has 14 heteroatoms. The van der Waals surface area contributed by atoms with E-state index < -0.39 is 33.4 Å². The van der Waals surface area contributed by atoms with Crippen molar-refractivity contribution >= 4 is 50.4 Å². The molecule has 1 saturated heterocycles. The van der Waals surface area contributed by atoms with Crippen LogP contribution in [0.25, 0.3) is 22.0 Å². The van der Waals surface area contributed by atoms with Crippen LogP contribution in [0, 0.1) is 11.6 Å². The number of fused-ring (bicyclic) bond motifs is 1. The summed E-state index contributed by atoms with van der Waals surface area (Å²) in [5.41, 5.74) is -1.45. The number of aromatic nitrogens is 2. The normalized spacial score (nSPS) is 18.0. The summed E-state index contributed by atoms with van der Waals surface area (Å²) in [5.74, 6) is -1.89. The first-order valence-corrected chi connectivity index (χ1v) is 15.0. The lowest BCUT2D eigenvalue weighted by Crippen LogP contribution is -2.59. The molecule has 0 spiro atoms. The van der Waals surface area contributed by atoms with Gasteiger partial charge in [0.1, 0.15) is 28.5 Å². The first-order valence-electron chi connectivity index (χ1n) is 12.8. The van der Waals surface area contributed by atoms with Crippen molar-refractivity contribution in [2.45, 2.75) is 52.3 Å². The molecule has 1 aromatic heterocycles. The standard InChI is InChI=1S/C27H32ClF2N5O5S/c1-14-13-35(26(36)40-27(3,4)5)15(2)12-34(14)24-16-11-17(28)20(21-18(29)9-8-10-19(21)39-6)22(30)23(16)31-25(32-24)33-41(7,37)38/h8-11,14-15H,12-13H2,1-7H3,(H,31,32,33)/t14-,15+/m0/s1. The monoisotopic (exact) mass is 611 g/mol. The van der Waals surface area contributed by atoms with Gasteiger partial charge in [0, 0.05) is 36.1 Å². The fourth-order valence-corrected chi connectivity index (χ4v) is 5.46. The van der Waals surface area contributed by atoms with E-state index in [1.54, 1.807) is 25.7 Å². The van der Waals surface area contributed by atoms with Crippen molar-refractivity contribution < 1.29 is 31.5 Å². The van der Waals surface area contributed by atoms with Crippen LogP contribution >= 0.6 is 11.6 Å². The van der Waals surface area contributed by atoms with Crippen molar-refractivity contribution in [1.82, 2.24) is 14.9 Å². The van der Waals surface area contributed by atoms with Crippen LogP contribution in [-0.2, 0) is 14.8 Å². The van der Waals surface area contributed by atoms with Gasteiger partial charge in [0.05, 0.1) is 24.0 Å². The molecule has 0 unspecified atom stereocenters. The number of methoxy groups -OCH3 is 1. The first kappa shape index (κ1) is 30.5. The fraction of sp³-hybridized carbons (Fsp3) is 0.444. The predicted octanol–water partition coefficient (Wildman–Crippen LogP) is 5.44. The molecule has 3 aromatic rings. The smallest absolute Gasteiger partial charge is 0.410 e. The van der Waals surface area contributed by atoms with Crippen molar-refractivity contribution in [2.24, 2.45) is 0 Å². The molecule has 0 aliphatic carbocycles. The average Bonchev–Trinajstić information content (AvgIpc) is 2.84. The number of sulfonamides is 1. The van der Waals surface area contributed by atoms with Crippen molar-refractivity contribution in [1.29, 1.82) is 0 Å². The van der Waals surface area contributed by atoms with Crippen LogP contribution in [0.15, 0.2) is 24.3 Å². The highest BCUT2D eigenvalue weighted by atomic mass is 35.5. The maximum atomic E-state index is 16.3. The molecule has 1 N–H and O–H groups in total. The molecule has 0 bridgehead atoms. The lowest BCUT2D eigenvalue weighted by Gasteiger charge is -2.45. The van der Waals surface area contributed by atoms with Gasteiger partial charge in [-0.05, 0) is 52.8 Å². The van der Waals surface area contributed by atoms with E-state index in [0.717, 1.165) is 12.3 Å². The maximum Gasteiger partial charge on any atom is 0.410 e. The van der Waals surface area contributed by atoms with E-state index >= 15 is 4.39 Å². The second-order valence-corrected chi connectivity index (χ2v) is 13.1. The van der Waals surface area contributed by atoms with Crippen LogP contribution in [0.1, 0.15) is 34.6 Å². The molecule has 0 radical (unpaired) electrons. The Kier molecular flexibility index (Phi) is 8.25. The number of carbonyl (C=O) groups is 1. The van der Waals surface area contributed by atoms with Crippen LogP contribution in [0.5, 0.6) is 5.75 Å². The highest BCUT2D eigenvalue weighted by molar-refractivity contribution is 7.92. The maximum absolute atomic E-state index is 16.3. The van der Waals surface area contributed by atoms with Gasteiger partial charge in [0.15, 0.2) is 5.82 Å². The van der Waals surface area contributed by atoms with Crippen LogP contribution in [0.2, 0.25) is 5.02 Å². The number of rotatable bonds is 5. The van der Waals surface area contributed by atoms with Gasteiger partial charge in [-0.2, -0.15) is 4.98 Å². The van der Waals surface area contributed by atoms with Crippen LogP contribution < -0.4 is 14.4 Å². The topological polar surface area (TPSA) is 114 Å². The molecule has 0 saturated carbocycles. The quantitative estimate of drug-likeness (QED) is 0.406. The molecule has 1 aliphatic rings. The molecule has 10 nitrogen and oxygen atoms in total. The van der Waals surface area contributed by atoms with E-state index in [1.165, 1.54) is 25.3 Å². The van der Waals surface area contributed by atoms with Crippen molar-refractivity contribution in [3.63, 3.8) is 0 Å². The third kappa shape index (κ3) is 6.40. The zero-order valence-corrected chi connectivity index (χ0v) is 25.3. The van der Waals surface area contributed by atoms with E-state index in [4.69, 9.17) is 21.1 Å². The molecule has 2 heterocycles. The Morgan fingerprint density at radius 2 is 1.80 bits per heavy atom. The molecule has 222 valence electrons. The minimum atomic E-state index is -3.85. The highest BCUT2D eigenvalue weighted by Gasteiger charge is 2.36. The van der Waals surface area contributed by atoms with E-state index in [0.29, 0.717) is 0 Å². The molecular weight excluding hydrogens is 580 g/mol. The summed E-state index contributed by atoms with van der Waals surface area (Å²) in [4.78, 5) is 24.8. The zero-order chi connectivity index (χ0) is 30.4. The van der Waals surface area contributed by atoms with E-state index in [-0.39, 0.29) is 69.7 Å². The summed E-state index contributed by atoms with van der Waals surface area (Å²) < 4.78 is 68.5. The van der Waals surface area contributed by atoms with Gasteiger partial charge in [0.2, 0.25) is 16.0 Å². The van der Waals surface area contributed by atoms with Gasteiger partial charge >= 0.3 is 6.09 Å². The van der Waals surface area contributed by atoms with Gasteiger partial charge in [0.25, 0.3) is 0 Å². The Morgan fingerprint density at radius 1 is 1.12 bits per heavy atom. The number of hydrogen-bond donors (Lipinski definition) is 1. The third-order valence-electron chi connectivity index (χ3n) is 6.47. The Morgan fingerprint density at radius 3 is 2.41 bits per heavy atom. The van der Waals surface area contributed by atoms with Crippen LogP contribution in [-0.4, -0.2) is 73.5 Å². The molecule has 1 fully saturated rings. The van der Waals surface area contributed by atoms with Gasteiger partial charge in [-0.3, -0.25) is 4.72 Å². The number of piperazine rings is 1. The minimum absolute atomic E-state index is 0.0506. The highest BCUT2D eigenvalue weighted by Crippen LogP contribution is 2.43. The Hall–Kier alpha value is -3.45. The molecule has 2 aromatic carbocycles. The second kappa shape index (κ2) is 11.1. The van der Waals surface area contributed by atoms with Crippen LogP contribution in [0.3, 0.4) is 0 Å². The number of nitrogens with zero attached hydrogens (tertiary/aromatic N) is 4. The van der Waals surface area contributed by atoms with E-state index in [1.807, 2.05) is 18.7 Å². The molecule has 1 aliphatic heterocycles. The van der Waals surface area contributed by atoms with Crippen molar-refractivity contribution in [3.8, 4) is 16.9 Å². The van der Waals surface area contributed by atoms with Gasteiger partial charge < -0.3 is 19.3 Å². The Balaban J connectivity index is 1.90. The lowest BCUT2D eigenvalue weighted by molar-refractivity contribution is 0.0130. The average molecular weight is 612 g/mol. The number of hydrogen-bond acceptors (Lipinski definition) is 8. The van der Waals surface area contributed by atoms with Gasteiger partial charge in [-0.25, -0.2) is 27.0 Å². The molecule has 41 heavy (non-hydrogen) atoms. The molecule has 4 rings (SSSR count). The summed E-state index contributed by atoms with van der Waals surface area (Å²) in [6.07, 6.45) is 0.444. The summed E-state index contributed by atoms with van der Waals surface area (Å²) in [5, 5.41) is 0.0514. The first-order chi connectivity index (χ1) is 19.0. The number of anilines is 2. The second-order valence-electron chi connectivity index (χ2n) is 11.0. The fourth-order valence-electron chi connectivity index (χ4n) is 4.75. The zero-order valence-electron chi connectivity index (χ0n) is 23.8. The lowest BCUT2D eigenvalue weighted by atomic mass is 10.00. The number of halogens is 3. The summed E-state index contributed by atoms with van der Waals surface area (Å²) >= 11 is 6.58. The molecule has 1 amide bonds. The van der Waals surface area contributed by atoms with E-state index in [2.05, 4.69) is 14.7 Å². The number of nitrogens with one attached hydrogen (secondary N) is 1. The number of carbonyl (C=O) groups excluding carboxylic acids is 1. The SMILES string of the molecule is COc1cccc(F)c1-c1c(Cl)cc2c(N3C[C@@H](C)N(C(=O)OC(C)(C)C)C[C@@H]3C)nc(NS(C)(=O)=O)nc2c1F. The Labute approximate surface area is 242 Å². The summed E-state index contributed by atoms with van der Waals surface area (Å²) in [6, 6.07) is 4.74. The number of amides is 1. The molecular formula is C27H32ClF2N5O5S. The molecule has 2 atom stereocenters. The van der Waals surface area contributed by atoms with Crippen molar-refractivity contribution in [3.05, 3.63) is 40.9 Å². The van der Waals surface area contributed by atoms with E-state index in [9.17, 15) is 17.6 Å². The minimum Gasteiger partial charge on any atom is -0.496 e. The van der Waals surface area contributed by atoms with Crippen molar-refractivity contribution in [2.75, 3.05) is 36.1 Å². The predicted molar refractivity (Wildman–Crippen MR) is 154 cm³/mol. The summed E-state index contributed by atoms with van der Waals surface area (Å²) in [7, 11) is -2.53. The number of ether oxygens (including phenoxy) is 2. The van der Waals surface area contributed by atoms with Gasteiger partial charge in [-0.15, -0.1) is 0 Å². The third-order valence-corrected chi connectivity index (χ3v) is 7.32. The Bertz CT molecular complexity index is 1620. The van der Waals surface area contributed by atoms with Crippen LogP contribution in [0.4, 0.5) is 25.3 Å². The number of benzene rings is 2. The summed E-state index contributed by atoms with van der Waals surface area (Å²) in [6.45, 7) is 9.52.